The summed E-state index contributed by atoms with van der Waals surface area (Å²) in [4.78, 5) is 15.7. The number of rotatable bonds is 4. The van der Waals surface area contributed by atoms with Crippen LogP contribution >= 0.6 is 15.9 Å². The van der Waals surface area contributed by atoms with E-state index in [-0.39, 0.29) is 11.5 Å². The van der Waals surface area contributed by atoms with Crippen molar-refractivity contribution < 1.29 is 9.18 Å². The van der Waals surface area contributed by atoms with Crippen LogP contribution in [0.2, 0.25) is 0 Å². The first-order chi connectivity index (χ1) is 8.65. The van der Waals surface area contributed by atoms with Crippen LogP contribution in [0.25, 0.3) is 0 Å². The van der Waals surface area contributed by atoms with E-state index in [9.17, 15) is 9.18 Å². The van der Waals surface area contributed by atoms with Gasteiger partial charge in [0, 0.05) is 23.0 Å². The lowest BCUT2D eigenvalue weighted by Crippen LogP contribution is -2.26. The number of nitrogens with zero attached hydrogens (tertiary/aromatic N) is 2. The molecule has 0 atom stereocenters. The molecule has 2 rings (SSSR count). The second-order valence-electron chi connectivity index (χ2n) is 3.60. The molecule has 2 aromatic rings. The van der Waals surface area contributed by atoms with E-state index in [1.807, 2.05) is 0 Å². The van der Waals surface area contributed by atoms with Gasteiger partial charge in [0.25, 0.3) is 5.91 Å². The number of aromatic nitrogens is 3. The standard InChI is InChI=1S/C11H10BrFN4O/c12-8-3-7(4-9(13)5-8)11(18)14-2-1-10-15-6-16-17-10/h3-6H,1-2H2,(H,14,18)(H,15,16,17). The first-order valence-electron chi connectivity index (χ1n) is 5.23. The highest BCUT2D eigenvalue weighted by atomic mass is 79.9. The van der Waals surface area contributed by atoms with Gasteiger partial charge in [-0.3, -0.25) is 9.89 Å². The van der Waals surface area contributed by atoms with Crippen LogP contribution in [0.5, 0.6) is 0 Å². The average molecular weight is 313 g/mol. The third-order valence-corrected chi connectivity index (χ3v) is 2.69. The fraction of sp³-hybridized carbons (Fsp3) is 0.182. The molecule has 5 nitrogen and oxygen atoms in total. The van der Waals surface area contributed by atoms with E-state index in [0.29, 0.717) is 23.3 Å². The zero-order valence-corrected chi connectivity index (χ0v) is 10.9. The van der Waals surface area contributed by atoms with Gasteiger partial charge < -0.3 is 5.32 Å². The second-order valence-corrected chi connectivity index (χ2v) is 4.51. The third-order valence-electron chi connectivity index (χ3n) is 2.24. The Morgan fingerprint density at radius 3 is 2.94 bits per heavy atom. The van der Waals surface area contributed by atoms with Crippen molar-refractivity contribution in [2.75, 3.05) is 6.54 Å². The normalized spacial score (nSPS) is 10.3. The van der Waals surface area contributed by atoms with Gasteiger partial charge in [0.05, 0.1) is 0 Å². The van der Waals surface area contributed by atoms with Crippen molar-refractivity contribution in [3.8, 4) is 0 Å². The van der Waals surface area contributed by atoms with E-state index < -0.39 is 5.82 Å². The monoisotopic (exact) mass is 312 g/mol. The van der Waals surface area contributed by atoms with E-state index in [0.717, 1.165) is 0 Å². The number of halogens is 2. The summed E-state index contributed by atoms with van der Waals surface area (Å²) < 4.78 is 13.6. The van der Waals surface area contributed by atoms with Crippen LogP contribution in [0.4, 0.5) is 4.39 Å². The molecule has 2 N–H and O–H groups in total. The minimum Gasteiger partial charge on any atom is -0.352 e. The Morgan fingerprint density at radius 2 is 2.28 bits per heavy atom. The van der Waals surface area contributed by atoms with Crippen molar-refractivity contribution in [3.05, 3.63) is 46.2 Å². The second kappa shape index (κ2) is 5.72. The molecule has 0 spiro atoms. The third kappa shape index (κ3) is 3.36. The summed E-state index contributed by atoms with van der Waals surface area (Å²) in [7, 11) is 0. The lowest BCUT2D eigenvalue weighted by Gasteiger charge is -2.04. The minimum absolute atomic E-state index is 0.277. The highest BCUT2D eigenvalue weighted by molar-refractivity contribution is 9.10. The van der Waals surface area contributed by atoms with Gasteiger partial charge in [-0.2, -0.15) is 5.10 Å². The number of hydrogen-bond acceptors (Lipinski definition) is 3. The van der Waals surface area contributed by atoms with E-state index in [2.05, 4.69) is 36.4 Å². The van der Waals surface area contributed by atoms with Crippen LogP contribution < -0.4 is 5.32 Å². The maximum absolute atomic E-state index is 13.1. The van der Waals surface area contributed by atoms with E-state index >= 15 is 0 Å². The molecule has 7 heteroatoms. The maximum Gasteiger partial charge on any atom is 0.251 e. The largest absolute Gasteiger partial charge is 0.352 e. The maximum atomic E-state index is 13.1. The average Bonchev–Trinajstić information content (AvgIpc) is 2.80. The molecular weight excluding hydrogens is 303 g/mol. The number of nitrogens with one attached hydrogen (secondary N) is 2. The summed E-state index contributed by atoms with van der Waals surface area (Å²) in [6, 6.07) is 4.05. The molecule has 0 bridgehead atoms. The molecule has 1 heterocycles. The zero-order chi connectivity index (χ0) is 13.0. The molecule has 0 saturated heterocycles. The molecule has 0 aliphatic rings. The zero-order valence-electron chi connectivity index (χ0n) is 9.28. The Hall–Kier alpha value is -1.76. The number of hydrogen-bond donors (Lipinski definition) is 2. The molecule has 0 aliphatic carbocycles. The molecule has 0 unspecified atom stereocenters. The summed E-state index contributed by atoms with van der Waals surface area (Å²) in [5.74, 6) is -0.0878. The quantitative estimate of drug-likeness (QED) is 0.902. The topological polar surface area (TPSA) is 70.7 Å². The molecule has 0 saturated carbocycles. The molecule has 0 fully saturated rings. The van der Waals surface area contributed by atoms with E-state index in [1.54, 1.807) is 6.07 Å². The van der Waals surface area contributed by atoms with Crippen LogP contribution in [-0.4, -0.2) is 27.6 Å². The smallest absolute Gasteiger partial charge is 0.251 e. The van der Waals surface area contributed by atoms with Gasteiger partial charge >= 0.3 is 0 Å². The van der Waals surface area contributed by atoms with Crippen molar-refractivity contribution in [3.63, 3.8) is 0 Å². The molecule has 18 heavy (non-hydrogen) atoms. The van der Waals surface area contributed by atoms with Gasteiger partial charge in [-0.1, -0.05) is 15.9 Å². The summed E-state index contributed by atoms with van der Waals surface area (Å²) >= 11 is 3.14. The fourth-order valence-corrected chi connectivity index (χ4v) is 1.90. The Labute approximate surface area is 111 Å². The molecule has 1 aromatic carbocycles. The summed E-state index contributed by atoms with van der Waals surface area (Å²) in [6.07, 6.45) is 1.95. The summed E-state index contributed by atoms with van der Waals surface area (Å²) in [5.41, 5.74) is 0.277. The lowest BCUT2D eigenvalue weighted by molar-refractivity contribution is 0.0953. The number of amides is 1. The van der Waals surface area contributed by atoms with Gasteiger partial charge in [0.2, 0.25) is 0 Å². The number of H-pyrrole nitrogens is 1. The fourth-order valence-electron chi connectivity index (χ4n) is 1.43. The molecule has 94 valence electrons. The number of benzene rings is 1. The predicted molar refractivity (Wildman–Crippen MR) is 66.5 cm³/mol. The Kier molecular flexibility index (Phi) is 4.03. The first kappa shape index (κ1) is 12.7. The van der Waals surface area contributed by atoms with Crippen molar-refractivity contribution in [2.45, 2.75) is 6.42 Å². The molecule has 1 aromatic heterocycles. The molecular formula is C11H10BrFN4O. The van der Waals surface area contributed by atoms with Gasteiger partial charge in [-0.15, -0.1) is 0 Å². The van der Waals surface area contributed by atoms with E-state index in [4.69, 9.17) is 0 Å². The van der Waals surface area contributed by atoms with Crippen molar-refractivity contribution in [2.24, 2.45) is 0 Å². The van der Waals surface area contributed by atoms with Gasteiger partial charge in [0.15, 0.2) is 0 Å². The number of carbonyl (C=O) groups excluding carboxylic acids is 1. The highest BCUT2D eigenvalue weighted by Crippen LogP contribution is 2.14. The summed E-state index contributed by atoms with van der Waals surface area (Å²) in [6.45, 7) is 0.405. The van der Waals surface area contributed by atoms with Gasteiger partial charge in [-0.05, 0) is 18.2 Å². The van der Waals surface area contributed by atoms with Crippen LogP contribution in [-0.2, 0) is 6.42 Å². The first-order valence-corrected chi connectivity index (χ1v) is 6.03. The van der Waals surface area contributed by atoms with Gasteiger partial charge in [0.1, 0.15) is 18.0 Å². The highest BCUT2D eigenvalue weighted by Gasteiger charge is 2.08. The van der Waals surface area contributed by atoms with Crippen molar-refractivity contribution in [1.29, 1.82) is 0 Å². The van der Waals surface area contributed by atoms with Crippen molar-refractivity contribution in [1.82, 2.24) is 20.5 Å². The molecule has 0 radical (unpaired) electrons. The van der Waals surface area contributed by atoms with Crippen LogP contribution in [0.15, 0.2) is 29.0 Å². The lowest BCUT2D eigenvalue weighted by atomic mass is 10.2. The molecule has 0 aliphatic heterocycles. The van der Waals surface area contributed by atoms with Crippen LogP contribution in [0, 0.1) is 5.82 Å². The predicted octanol–water partition coefficient (Wildman–Crippen LogP) is 1.68. The molecule has 1 amide bonds. The Morgan fingerprint density at radius 1 is 1.44 bits per heavy atom. The Balaban J connectivity index is 1.91. The minimum atomic E-state index is -0.454. The number of carbonyl (C=O) groups is 1. The van der Waals surface area contributed by atoms with Crippen molar-refractivity contribution >= 4 is 21.8 Å². The SMILES string of the molecule is O=C(NCCc1ncn[nH]1)c1cc(F)cc(Br)c1. The van der Waals surface area contributed by atoms with Crippen LogP contribution in [0.3, 0.4) is 0 Å². The Bertz CT molecular complexity index is 524. The van der Waals surface area contributed by atoms with Crippen LogP contribution in [0.1, 0.15) is 16.2 Å². The number of aromatic amines is 1. The van der Waals surface area contributed by atoms with Gasteiger partial charge in [-0.25, -0.2) is 9.37 Å². The van der Waals surface area contributed by atoms with E-state index in [1.165, 1.54) is 18.5 Å². The summed E-state index contributed by atoms with van der Waals surface area (Å²) in [5, 5.41) is 9.06.